The van der Waals surface area contributed by atoms with Gasteiger partial charge in [-0.15, -0.1) is 0 Å². The molecule has 0 heterocycles. The summed E-state index contributed by atoms with van der Waals surface area (Å²) in [4.78, 5) is 4.31. The molecule has 0 aliphatic rings. The average molecular weight is 204 g/mol. The maximum atomic E-state index is 5.27. The third kappa shape index (κ3) is 6.72. The molecule has 0 rings (SSSR count). The molecule has 0 aromatic rings. The highest BCUT2D eigenvalue weighted by Crippen LogP contribution is 2.03. The predicted molar refractivity (Wildman–Crippen MR) is 60.8 cm³/mol. The normalized spacial score (nSPS) is 14.0. The number of guanidine groups is 1. The van der Waals surface area contributed by atoms with Gasteiger partial charge in [0.05, 0.1) is 0 Å². The van der Waals surface area contributed by atoms with Gasteiger partial charge in [0.15, 0.2) is 0 Å². The monoisotopic (exact) mass is 204 g/mol. The van der Waals surface area contributed by atoms with E-state index in [1.165, 1.54) is 0 Å². The van der Waals surface area contributed by atoms with Crippen molar-refractivity contribution in [2.45, 2.75) is 13.8 Å². The fourth-order valence-corrected chi connectivity index (χ4v) is 1.58. The minimum Gasteiger partial charge on any atom is -0.356 e. The van der Waals surface area contributed by atoms with Gasteiger partial charge >= 0.3 is 0 Å². The molecule has 0 spiro atoms. The topological polar surface area (TPSA) is 62.4 Å². The van der Waals surface area contributed by atoms with Crippen molar-refractivity contribution in [1.29, 1.82) is 0 Å². The van der Waals surface area contributed by atoms with Crippen molar-refractivity contribution < 1.29 is 0 Å². The van der Waals surface area contributed by atoms with Gasteiger partial charge in [0.1, 0.15) is 0 Å². The smallest absolute Gasteiger partial charge is 0.205 e. The van der Waals surface area contributed by atoms with Gasteiger partial charge in [-0.2, -0.15) is 11.8 Å². The number of nitrogens with zero attached hydrogens (tertiary/aromatic N) is 1. The Morgan fingerprint density at radius 1 is 1.62 bits per heavy atom. The Morgan fingerprint density at radius 2 is 2.31 bits per heavy atom. The number of nitrogens with one attached hydrogen (secondary N) is 2. The van der Waals surface area contributed by atoms with Gasteiger partial charge < -0.3 is 5.32 Å². The molecule has 0 saturated heterocycles. The molecule has 4 nitrogen and oxygen atoms in total. The molecule has 0 aliphatic carbocycles. The molecular formula is C8H20N4S. The highest BCUT2D eigenvalue weighted by molar-refractivity contribution is 7.98. The Morgan fingerprint density at radius 3 is 2.77 bits per heavy atom. The second-order valence-electron chi connectivity index (χ2n) is 2.92. The van der Waals surface area contributed by atoms with Crippen LogP contribution in [0.4, 0.5) is 0 Å². The van der Waals surface area contributed by atoms with Gasteiger partial charge in [0.2, 0.25) is 5.96 Å². The summed E-state index contributed by atoms with van der Waals surface area (Å²) in [5.41, 5.74) is 2.53. The van der Waals surface area contributed by atoms with Crippen molar-refractivity contribution in [3.05, 3.63) is 0 Å². The summed E-state index contributed by atoms with van der Waals surface area (Å²) in [5, 5.41) is 3.04. The minimum atomic E-state index is 0.594. The van der Waals surface area contributed by atoms with E-state index < -0.39 is 0 Å². The summed E-state index contributed by atoms with van der Waals surface area (Å²) in [7, 11) is 0. The van der Waals surface area contributed by atoms with Crippen LogP contribution in [-0.2, 0) is 0 Å². The Bertz CT molecular complexity index is 149. The largest absolute Gasteiger partial charge is 0.356 e. The molecule has 13 heavy (non-hydrogen) atoms. The molecule has 0 saturated carbocycles. The van der Waals surface area contributed by atoms with Gasteiger partial charge in [-0.25, -0.2) is 5.84 Å². The van der Waals surface area contributed by atoms with Gasteiger partial charge in [0.25, 0.3) is 0 Å². The predicted octanol–water partition coefficient (Wildman–Crippen LogP) is 0.414. The van der Waals surface area contributed by atoms with Crippen LogP contribution in [0, 0.1) is 5.92 Å². The standard InChI is InChI=1S/C8H20N4S/c1-4-10-8(12-9)11-5-7(2)6-13-3/h7H,4-6,9H2,1-3H3,(H2,10,11,12). The van der Waals surface area contributed by atoms with Crippen LogP contribution in [0.25, 0.3) is 0 Å². The Balaban J connectivity index is 3.76. The van der Waals surface area contributed by atoms with Crippen molar-refractivity contribution in [2.24, 2.45) is 16.8 Å². The first kappa shape index (κ1) is 12.6. The van der Waals surface area contributed by atoms with Gasteiger partial charge in [-0.05, 0) is 24.9 Å². The van der Waals surface area contributed by atoms with Gasteiger partial charge in [0, 0.05) is 13.1 Å². The summed E-state index contributed by atoms with van der Waals surface area (Å²) < 4.78 is 0. The van der Waals surface area contributed by atoms with Crippen molar-refractivity contribution in [3.8, 4) is 0 Å². The summed E-state index contributed by atoms with van der Waals surface area (Å²) in [6.07, 6.45) is 2.10. The van der Waals surface area contributed by atoms with Crippen LogP contribution in [-0.4, -0.2) is 31.1 Å². The molecule has 0 aromatic heterocycles. The molecule has 0 radical (unpaired) electrons. The van der Waals surface area contributed by atoms with E-state index in [0.717, 1.165) is 18.8 Å². The molecule has 0 amide bonds. The number of nitrogens with two attached hydrogens (primary N) is 1. The van der Waals surface area contributed by atoms with Crippen LogP contribution in [0.15, 0.2) is 4.99 Å². The zero-order chi connectivity index (χ0) is 10.1. The summed E-state index contributed by atoms with van der Waals surface area (Å²) >= 11 is 1.84. The molecule has 1 atom stereocenters. The number of hydrogen-bond acceptors (Lipinski definition) is 3. The second-order valence-corrected chi connectivity index (χ2v) is 3.84. The first-order valence-corrected chi connectivity index (χ1v) is 5.87. The zero-order valence-corrected chi connectivity index (χ0v) is 9.45. The van der Waals surface area contributed by atoms with Crippen molar-refractivity contribution in [3.63, 3.8) is 0 Å². The Hall–Kier alpha value is -0.420. The number of rotatable bonds is 5. The zero-order valence-electron chi connectivity index (χ0n) is 8.63. The van der Waals surface area contributed by atoms with E-state index in [0.29, 0.717) is 11.9 Å². The molecule has 78 valence electrons. The fraction of sp³-hybridized carbons (Fsp3) is 0.875. The molecular weight excluding hydrogens is 184 g/mol. The summed E-state index contributed by atoms with van der Waals surface area (Å²) in [5.74, 6) is 7.67. The van der Waals surface area contributed by atoms with Crippen LogP contribution < -0.4 is 16.6 Å². The van der Waals surface area contributed by atoms with Gasteiger partial charge in [-0.3, -0.25) is 10.4 Å². The highest BCUT2D eigenvalue weighted by atomic mass is 32.2. The summed E-state index contributed by atoms with van der Waals surface area (Å²) in [6.45, 7) is 5.84. The third-order valence-corrected chi connectivity index (χ3v) is 2.40. The molecule has 1 unspecified atom stereocenters. The van der Waals surface area contributed by atoms with Crippen molar-refractivity contribution >= 4 is 17.7 Å². The maximum absolute atomic E-state index is 5.27. The molecule has 0 aromatic carbocycles. The van der Waals surface area contributed by atoms with Crippen molar-refractivity contribution in [1.82, 2.24) is 10.7 Å². The van der Waals surface area contributed by atoms with E-state index in [9.17, 15) is 0 Å². The molecule has 5 heteroatoms. The highest BCUT2D eigenvalue weighted by Gasteiger charge is 2.00. The van der Waals surface area contributed by atoms with E-state index in [-0.39, 0.29) is 0 Å². The lowest BCUT2D eigenvalue weighted by Gasteiger charge is -2.09. The van der Waals surface area contributed by atoms with Gasteiger partial charge in [-0.1, -0.05) is 6.92 Å². The van der Waals surface area contributed by atoms with E-state index in [1.54, 1.807) is 0 Å². The second kappa shape index (κ2) is 8.19. The minimum absolute atomic E-state index is 0.594. The average Bonchev–Trinajstić information content (AvgIpc) is 2.12. The fourth-order valence-electron chi connectivity index (χ4n) is 0.904. The Kier molecular flexibility index (Phi) is 7.93. The van der Waals surface area contributed by atoms with Crippen LogP contribution >= 0.6 is 11.8 Å². The molecule has 4 N–H and O–H groups in total. The molecule has 0 fully saturated rings. The maximum Gasteiger partial charge on any atom is 0.205 e. The van der Waals surface area contributed by atoms with E-state index in [2.05, 4.69) is 28.9 Å². The van der Waals surface area contributed by atoms with E-state index >= 15 is 0 Å². The number of hydrogen-bond donors (Lipinski definition) is 3. The van der Waals surface area contributed by atoms with E-state index in [1.807, 2.05) is 18.7 Å². The van der Waals surface area contributed by atoms with Crippen LogP contribution in [0.3, 0.4) is 0 Å². The quantitative estimate of drug-likeness (QED) is 0.263. The lowest BCUT2D eigenvalue weighted by Crippen LogP contribution is -2.41. The first-order chi connectivity index (χ1) is 6.24. The molecule has 0 aliphatic heterocycles. The number of hydrazine groups is 1. The lowest BCUT2D eigenvalue weighted by atomic mass is 10.2. The first-order valence-electron chi connectivity index (χ1n) is 4.48. The molecule has 0 bridgehead atoms. The Labute approximate surface area is 84.7 Å². The third-order valence-electron chi connectivity index (χ3n) is 1.49. The van der Waals surface area contributed by atoms with Crippen LogP contribution in [0.1, 0.15) is 13.8 Å². The van der Waals surface area contributed by atoms with E-state index in [4.69, 9.17) is 5.84 Å². The van der Waals surface area contributed by atoms with Crippen molar-refractivity contribution in [2.75, 3.05) is 25.1 Å². The van der Waals surface area contributed by atoms with Crippen LogP contribution in [0.5, 0.6) is 0 Å². The lowest BCUT2D eigenvalue weighted by molar-refractivity contribution is 0.669. The SMILES string of the molecule is CCNC(=NCC(C)CSC)NN. The number of thioether (sulfide) groups is 1. The van der Waals surface area contributed by atoms with Crippen LogP contribution in [0.2, 0.25) is 0 Å². The summed E-state index contributed by atoms with van der Waals surface area (Å²) in [6, 6.07) is 0. The number of aliphatic imine (C=N–C) groups is 1.